The van der Waals surface area contributed by atoms with Crippen LogP contribution in [-0.4, -0.2) is 53.0 Å². The molecule has 20 heavy (non-hydrogen) atoms. The van der Waals surface area contributed by atoms with Gasteiger partial charge in [0.05, 0.1) is 11.9 Å². The average Bonchev–Trinajstić information content (AvgIpc) is 2.68. The summed E-state index contributed by atoms with van der Waals surface area (Å²) in [6, 6.07) is 0. The largest absolute Gasteiger partial charge is 0.383 e. The molecule has 1 saturated heterocycles. The minimum atomic E-state index is 0.626. The number of hydrogen-bond acceptors (Lipinski definition) is 6. The molecule has 2 aromatic rings. The summed E-state index contributed by atoms with van der Waals surface area (Å²) in [4.78, 5) is 16.3. The smallest absolute Gasteiger partial charge is 0.146 e. The second-order valence-electron chi connectivity index (χ2n) is 5.57. The number of thiophene rings is 1. The summed E-state index contributed by atoms with van der Waals surface area (Å²) in [5.41, 5.74) is 7.34. The van der Waals surface area contributed by atoms with Crippen LogP contribution in [0.15, 0.2) is 0 Å². The Morgan fingerprint density at radius 2 is 1.85 bits per heavy atom. The number of nitrogens with two attached hydrogens (primary N) is 1. The van der Waals surface area contributed by atoms with Gasteiger partial charge in [0.15, 0.2) is 0 Å². The molecule has 3 heterocycles. The number of nitrogens with zero attached hydrogens (tertiary/aromatic N) is 4. The Hall–Kier alpha value is -1.24. The maximum Gasteiger partial charge on any atom is 0.146 e. The number of piperazine rings is 1. The molecular formula is C14H21N5S. The van der Waals surface area contributed by atoms with Crippen molar-refractivity contribution in [2.45, 2.75) is 20.4 Å². The summed E-state index contributed by atoms with van der Waals surface area (Å²) in [6.07, 6.45) is 0. The molecule has 6 heteroatoms. The SMILES string of the molecule is Cc1sc2nc(CN3CCN(C)CC3)nc(N)c2c1C. The zero-order valence-electron chi connectivity index (χ0n) is 12.3. The van der Waals surface area contributed by atoms with Crippen LogP contribution in [0.4, 0.5) is 5.82 Å². The molecule has 108 valence electrons. The number of fused-ring (bicyclic) bond motifs is 1. The number of nitrogen functional groups attached to an aromatic ring is 1. The van der Waals surface area contributed by atoms with Gasteiger partial charge in [-0.15, -0.1) is 11.3 Å². The molecule has 2 aromatic heterocycles. The fourth-order valence-electron chi connectivity index (χ4n) is 2.60. The van der Waals surface area contributed by atoms with Crippen molar-refractivity contribution in [3.63, 3.8) is 0 Å². The average molecular weight is 291 g/mol. The van der Waals surface area contributed by atoms with Gasteiger partial charge in [-0.05, 0) is 26.5 Å². The van der Waals surface area contributed by atoms with Crippen molar-refractivity contribution in [1.29, 1.82) is 0 Å². The first-order chi connectivity index (χ1) is 9.54. The van der Waals surface area contributed by atoms with Gasteiger partial charge in [-0.25, -0.2) is 9.97 Å². The van der Waals surface area contributed by atoms with Crippen LogP contribution in [0.5, 0.6) is 0 Å². The topological polar surface area (TPSA) is 58.3 Å². The van der Waals surface area contributed by atoms with Gasteiger partial charge < -0.3 is 10.6 Å². The van der Waals surface area contributed by atoms with Gasteiger partial charge in [0.1, 0.15) is 16.5 Å². The molecule has 2 N–H and O–H groups in total. The Morgan fingerprint density at radius 3 is 2.55 bits per heavy atom. The minimum absolute atomic E-state index is 0.626. The molecule has 0 spiro atoms. The van der Waals surface area contributed by atoms with Crippen LogP contribution < -0.4 is 5.73 Å². The number of aromatic nitrogens is 2. The first kappa shape index (κ1) is 13.7. The summed E-state index contributed by atoms with van der Waals surface area (Å²) in [5.74, 6) is 1.47. The van der Waals surface area contributed by atoms with E-state index in [9.17, 15) is 0 Å². The molecule has 0 aromatic carbocycles. The van der Waals surface area contributed by atoms with Crippen LogP contribution in [0, 0.1) is 13.8 Å². The van der Waals surface area contributed by atoms with Crippen LogP contribution in [0.25, 0.3) is 10.2 Å². The lowest BCUT2D eigenvalue weighted by atomic mass is 10.2. The molecule has 0 atom stereocenters. The molecule has 1 aliphatic heterocycles. The highest BCUT2D eigenvalue weighted by molar-refractivity contribution is 7.18. The molecule has 1 fully saturated rings. The summed E-state index contributed by atoms with van der Waals surface area (Å²) in [5, 5.41) is 1.04. The monoisotopic (exact) mass is 291 g/mol. The van der Waals surface area contributed by atoms with Gasteiger partial charge in [-0.2, -0.15) is 0 Å². The van der Waals surface area contributed by atoms with E-state index in [0.717, 1.165) is 48.8 Å². The van der Waals surface area contributed by atoms with Crippen LogP contribution in [0.1, 0.15) is 16.3 Å². The summed E-state index contributed by atoms with van der Waals surface area (Å²) < 4.78 is 0. The third-order valence-corrected chi connectivity index (χ3v) is 5.17. The van der Waals surface area contributed by atoms with Gasteiger partial charge >= 0.3 is 0 Å². The summed E-state index contributed by atoms with van der Waals surface area (Å²) in [7, 11) is 2.16. The second-order valence-corrected chi connectivity index (χ2v) is 6.77. The van der Waals surface area contributed by atoms with Gasteiger partial charge in [-0.3, -0.25) is 4.90 Å². The van der Waals surface area contributed by atoms with E-state index in [1.807, 2.05) is 0 Å². The van der Waals surface area contributed by atoms with E-state index in [1.54, 1.807) is 11.3 Å². The van der Waals surface area contributed by atoms with Crippen molar-refractivity contribution in [2.75, 3.05) is 39.0 Å². The molecule has 3 rings (SSSR count). The third-order valence-electron chi connectivity index (χ3n) is 4.06. The van der Waals surface area contributed by atoms with E-state index in [-0.39, 0.29) is 0 Å². The van der Waals surface area contributed by atoms with Crippen molar-refractivity contribution in [3.8, 4) is 0 Å². The van der Waals surface area contributed by atoms with E-state index in [1.165, 1.54) is 10.4 Å². The third kappa shape index (κ3) is 2.51. The van der Waals surface area contributed by atoms with Crippen molar-refractivity contribution >= 4 is 27.4 Å². The molecule has 1 aliphatic rings. The first-order valence-corrected chi connectivity index (χ1v) is 7.79. The predicted molar refractivity (Wildman–Crippen MR) is 84.1 cm³/mol. The lowest BCUT2D eigenvalue weighted by Gasteiger charge is -2.31. The van der Waals surface area contributed by atoms with Gasteiger partial charge in [0.25, 0.3) is 0 Å². The molecule has 0 radical (unpaired) electrons. The molecule has 0 bridgehead atoms. The van der Waals surface area contributed by atoms with E-state index in [4.69, 9.17) is 10.7 Å². The van der Waals surface area contributed by atoms with Gasteiger partial charge in [0, 0.05) is 31.1 Å². The summed E-state index contributed by atoms with van der Waals surface area (Å²) >= 11 is 1.71. The molecule has 0 amide bonds. The van der Waals surface area contributed by atoms with Gasteiger partial charge in [-0.1, -0.05) is 0 Å². The highest BCUT2D eigenvalue weighted by Gasteiger charge is 2.17. The van der Waals surface area contributed by atoms with Gasteiger partial charge in [0.2, 0.25) is 0 Å². The van der Waals surface area contributed by atoms with Crippen molar-refractivity contribution in [1.82, 2.24) is 19.8 Å². The zero-order chi connectivity index (χ0) is 14.3. The number of anilines is 1. The summed E-state index contributed by atoms with van der Waals surface area (Å²) in [6.45, 7) is 9.35. The Kier molecular flexibility index (Phi) is 3.62. The number of hydrogen-bond donors (Lipinski definition) is 1. The fraction of sp³-hybridized carbons (Fsp3) is 0.571. The molecule has 0 unspecified atom stereocenters. The molecule has 0 saturated carbocycles. The van der Waals surface area contributed by atoms with E-state index < -0.39 is 0 Å². The first-order valence-electron chi connectivity index (χ1n) is 6.97. The molecular weight excluding hydrogens is 270 g/mol. The molecule has 0 aliphatic carbocycles. The lowest BCUT2D eigenvalue weighted by Crippen LogP contribution is -2.44. The second kappa shape index (κ2) is 5.27. The van der Waals surface area contributed by atoms with Crippen molar-refractivity contribution in [2.24, 2.45) is 0 Å². The van der Waals surface area contributed by atoms with Crippen LogP contribution in [0.2, 0.25) is 0 Å². The van der Waals surface area contributed by atoms with Crippen LogP contribution >= 0.6 is 11.3 Å². The van der Waals surface area contributed by atoms with E-state index in [2.05, 4.69) is 35.7 Å². The highest BCUT2D eigenvalue weighted by atomic mass is 32.1. The van der Waals surface area contributed by atoms with E-state index >= 15 is 0 Å². The van der Waals surface area contributed by atoms with E-state index in [0.29, 0.717) is 5.82 Å². The number of rotatable bonds is 2. The number of likely N-dealkylation sites (N-methyl/N-ethyl adjacent to an activating group) is 1. The lowest BCUT2D eigenvalue weighted by molar-refractivity contribution is 0.145. The highest BCUT2D eigenvalue weighted by Crippen LogP contribution is 2.31. The number of aryl methyl sites for hydroxylation is 2. The van der Waals surface area contributed by atoms with Crippen molar-refractivity contribution < 1.29 is 0 Å². The Bertz CT molecular complexity index is 628. The standard InChI is InChI=1S/C14H21N5S/c1-9-10(2)20-14-12(9)13(15)16-11(17-14)8-19-6-4-18(3)5-7-19/h4-8H2,1-3H3,(H2,15,16,17). The maximum atomic E-state index is 6.13. The maximum absolute atomic E-state index is 6.13. The predicted octanol–water partition coefficient (Wildman–Crippen LogP) is 1.64. The Morgan fingerprint density at radius 1 is 1.15 bits per heavy atom. The molecule has 5 nitrogen and oxygen atoms in total. The van der Waals surface area contributed by atoms with Crippen molar-refractivity contribution in [3.05, 3.63) is 16.3 Å². The quantitative estimate of drug-likeness (QED) is 0.911. The fourth-order valence-corrected chi connectivity index (χ4v) is 3.66. The minimum Gasteiger partial charge on any atom is -0.383 e. The Balaban J connectivity index is 1.85. The zero-order valence-corrected chi connectivity index (χ0v) is 13.1. The van der Waals surface area contributed by atoms with Crippen LogP contribution in [-0.2, 0) is 6.54 Å². The van der Waals surface area contributed by atoms with Crippen LogP contribution in [0.3, 0.4) is 0 Å². The normalized spacial score (nSPS) is 17.9. The Labute approximate surface area is 123 Å².